The van der Waals surface area contributed by atoms with Crippen LogP contribution in [0.1, 0.15) is 29.4 Å². The molecule has 0 spiro atoms. The Labute approximate surface area is 179 Å². The van der Waals surface area contributed by atoms with Gasteiger partial charge in [-0.2, -0.15) is 4.98 Å². The molecular formula is C23H24N4O4. The molecule has 160 valence electrons. The minimum atomic E-state index is -0.486. The van der Waals surface area contributed by atoms with Crippen LogP contribution in [0.25, 0.3) is 11.1 Å². The molecule has 3 aromatic heterocycles. The third-order valence-corrected chi connectivity index (χ3v) is 5.38. The number of ether oxygens (including phenoxy) is 2. The zero-order chi connectivity index (χ0) is 22.0. The predicted octanol–water partition coefficient (Wildman–Crippen LogP) is 2.67. The fourth-order valence-electron chi connectivity index (χ4n) is 3.45. The van der Waals surface area contributed by atoms with Crippen molar-refractivity contribution >= 4 is 5.97 Å². The van der Waals surface area contributed by atoms with E-state index in [1.165, 1.54) is 17.7 Å². The maximum Gasteiger partial charge on any atom is 0.325 e. The van der Waals surface area contributed by atoms with Crippen LogP contribution in [0.15, 0.2) is 47.7 Å². The molecule has 2 atom stereocenters. The largest absolute Gasteiger partial charge is 0.477 e. The van der Waals surface area contributed by atoms with Crippen molar-refractivity contribution in [2.75, 3.05) is 13.7 Å². The topological polar surface area (TPSA) is 96.2 Å². The van der Waals surface area contributed by atoms with E-state index in [-0.39, 0.29) is 12.1 Å². The summed E-state index contributed by atoms with van der Waals surface area (Å²) in [5.74, 6) is 1.32. The Hall–Kier alpha value is -3.55. The molecule has 8 nitrogen and oxygen atoms in total. The van der Waals surface area contributed by atoms with E-state index in [0.29, 0.717) is 41.3 Å². The minimum absolute atomic E-state index is 0.139. The van der Waals surface area contributed by atoms with Gasteiger partial charge in [-0.3, -0.25) is 14.6 Å². The molecule has 1 fully saturated rings. The van der Waals surface area contributed by atoms with Crippen LogP contribution in [0.4, 0.5) is 0 Å². The molecular weight excluding hydrogens is 396 g/mol. The van der Waals surface area contributed by atoms with Gasteiger partial charge in [0.05, 0.1) is 19.3 Å². The van der Waals surface area contributed by atoms with Crippen molar-refractivity contribution in [1.29, 1.82) is 0 Å². The maximum atomic E-state index is 12.4. The van der Waals surface area contributed by atoms with E-state index < -0.39 is 5.97 Å². The molecule has 8 heteroatoms. The van der Waals surface area contributed by atoms with Gasteiger partial charge >= 0.3 is 5.97 Å². The average Bonchev–Trinajstić information content (AvgIpc) is 3.54. The lowest BCUT2D eigenvalue weighted by Crippen LogP contribution is -2.23. The highest BCUT2D eigenvalue weighted by Crippen LogP contribution is 2.47. The predicted molar refractivity (Wildman–Crippen MR) is 114 cm³/mol. The summed E-state index contributed by atoms with van der Waals surface area (Å²) < 4.78 is 12.0. The number of aryl methyl sites for hydroxylation is 2. The summed E-state index contributed by atoms with van der Waals surface area (Å²) in [5.41, 5.74) is 3.19. The first kappa shape index (κ1) is 20.7. The van der Waals surface area contributed by atoms with Crippen LogP contribution < -0.4 is 10.3 Å². The first-order chi connectivity index (χ1) is 14.9. The van der Waals surface area contributed by atoms with Gasteiger partial charge in [0.2, 0.25) is 5.88 Å². The van der Waals surface area contributed by atoms with Crippen molar-refractivity contribution < 1.29 is 14.3 Å². The summed E-state index contributed by atoms with van der Waals surface area (Å²) in [5, 5.41) is 0. The van der Waals surface area contributed by atoms with Crippen molar-refractivity contribution in [3.8, 4) is 17.0 Å². The van der Waals surface area contributed by atoms with Gasteiger partial charge < -0.3 is 14.0 Å². The monoisotopic (exact) mass is 420 g/mol. The molecule has 1 aliphatic carbocycles. The molecule has 2 unspecified atom stereocenters. The van der Waals surface area contributed by atoms with Crippen molar-refractivity contribution in [2.45, 2.75) is 32.7 Å². The standard InChI is InChI=1S/C23H24N4O4/c1-14-4-5-20(25-10-14)18-8-17(18)13-31-23-19(11-24-15(2)26-23)16-6-7-27(21(28)9-16)12-22(29)30-3/h4-7,9-11,17-18H,8,12-13H2,1-3H3. The SMILES string of the molecule is COC(=O)Cn1ccc(-c2cnc(C)nc2OCC2CC2c2ccc(C)cn2)cc1=O. The number of hydrogen-bond donors (Lipinski definition) is 0. The van der Waals surface area contributed by atoms with Crippen LogP contribution in [0, 0.1) is 19.8 Å². The lowest BCUT2D eigenvalue weighted by Gasteiger charge is -2.12. The number of carbonyl (C=O) groups excluding carboxylic acids is 1. The van der Waals surface area contributed by atoms with Crippen molar-refractivity contribution in [3.05, 3.63) is 70.3 Å². The number of rotatable bonds is 7. The Balaban J connectivity index is 1.49. The van der Waals surface area contributed by atoms with Gasteiger partial charge in [0.15, 0.2) is 0 Å². The van der Waals surface area contributed by atoms with E-state index in [1.807, 2.05) is 13.1 Å². The molecule has 1 saturated carbocycles. The summed E-state index contributed by atoms with van der Waals surface area (Å²) in [6.45, 7) is 4.20. The summed E-state index contributed by atoms with van der Waals surface area (Å²) in [6.07, 6.45) is 6.13. The lowest BCUT2D eigenvalue weighted by atomic mass is 10.1. The van der Waals surface area contributed by atoms with Crippen LogP contribution in [0.5, 0.6) is 5.88 Å². The minimum Gasteiger partial charge on any atom is -0.477 e. The Kier molecular flexibility index (Phi) is 5.79. The van der Waals surface area contributed by atoms with E-state index >= 15 is 0 Å². The number of esters is 1. The van der Waals surface area contributed by atoms with Crippen LogP contribution in [0.3, 0.4) is 0 Å². The summed E-state index contributed by atoms with van der Waals surface area (Å²) in [6, 6.07) is 7.33. The molecule has 31 heavy (non-hydrogen) atoms. The highest BCUT2D eigenvalue weighted by molar-refractivity contribution is 5.70. The van der Waals surface area contributed by atoms with E-state index in [9.17, 15) is 9.59 Å². The Morgan fingerprint density at radius 3 is 2.74 bits per heavy atom. The van der Waals surface area contributed by atoms with Gasteiger partial charge in [-0.25, -0.2) is 4.98 Å². The third-order valence-electron chi connectivity index (χ3n) is 5.38. The number of hydrogen-bond acceptors (Lipinski definition) is 7. The second-order valence-corrected chi connectivity index (χ2v) is 7.77. The lowest BCUT2D eigenvalue weighted by molar-refractivity contribution is -0.141. The second kappa shape index (κ2) is 8.67. The molecule has 4 rings (SSSR count). The molecule has 0 amide bonds. The van der Waals surface area contributed by atoms with Crippen molar-refractivity contribution in [3.63, 3.8) is 0 Å². The van der Waals surface area contributed by atoms with Gasteiger partial charge in [0, 0.05) is 42.2 Å². The molecule has 3 aromatic rings. The van der Waals surface area contributed by atoms with Crippen LogP contribution in [-0.4, -0.2) is 39.2 Å². The number of carbonyl (C=O) groups is 1. The maximum absolute atomic E-state index is 12.4. The molecule has 0 radical (unpaired) electrons. The van der Waals surface area contributed by atoms with E-state index in [4.69, 9.17) is 4.74 Å². The number of methoxy groups -OCH3 is 1. The fourth-order valence-corrected chi connectivity index (χ4v) is 3.45. The second-order valence-electron chi connectivity index (χ2n) is 7.77. The normalized spacial score (nSPS) is 17.3. The van der Waals surface area contributed by atoms with Gasteiger partial charge in [-0.1, -0.05) is 6.07 Å². The molecule has 3 heterocycles. The highest BCUT2D eigenvalue weighted by atomic mass is 16.5. The summed E-state index contributed by atoms with van der Waals surface area (Å²) >= 11 is 0. The smallest absolute Gasteiger partial charge is 0.325 e. The van der Waals surface area contributed by atoms with Gasteiger partial charge in [-0.15, -0.1) is 0 Å². The zero-order valence-electron chi connectivity index (χ0n) is 17.7. The van der Waals surface area contributed by atoms with Crippen molar-refractivity contribution in [2.24, 2.45) is 5.92 Å². The summed E-state index contributed by atoms with van der Waals surface area (Å²) in [7, 11) is 1.29. The van der Waals surface area contributed by atoms with Crippen LogP contribution in [-0.2, 0) is 16.1 Å². The molecule has 0 saturated heterocycles. The number of nitrogens with zero attached hydrogens (tertiary/aromatic N) is 4. The molecule has 0 N–H and O–H groups in total. The van der Waals surface area contributed by atoms with E-state index in [0.717, 1.165) is 17.7 Å². The Morgan fingerprint density at radius 2 is 2.03 bits per heavy atom. The van der Waals surface area contributed by atoms with Gasteiger partial charge in [-0.05, 0) is 43.5 Å². The highest BCUT2D eigenvalue weighted by Gasteiger charge is 2.40. The quantitative estimate of drug-likeness (QED) is 0.542. The van der Waals surface area contributed by atoms with Gasteiger partial charge in [0.25, 0.3) is 5.56 Å². The first-order valence-electron chi connectivity index (χ1n) is 10.1. The molecule has 0 aromatic carbocycles. The summed E-state index contributed by atoms with van der Waals surface area (Å²) in [4.78, 5) is 37.1. The molecule has 0 aliphatic heterocycles. The Morgan fingerprint density at radius 1 is 1.19 bits per heavy atom. The molecule has 0 bridgehead atoms. The average molecular weight is 420 g/mol. The molecule has 1 aliphatic rings. The van der Waals surface area contributed by atoms with Gasteiger partial charge in [0.1, 0.15) is 12.4 Å². The first-order valence-corrected chi connectivity index (χ1v) is 10.1. The van der Waals surface area contributed by atoms with Crippen LogP contribution in [0.2, 0.25) is 0 Å². The Bertz CT molecular complexity index is 1160. The zero-order valence-corrected chi connectivity index (χ0v) is 17.7. The number of aromatic nitrogens is 4. The fraction of sp³-hybridized carbons (Fsp3) is 0.348. The van der Waals surface area contributed by atoms with E-state index in [1.54, 1.807) is 25.4 Å². The third kappa shape index (κ3) is 4.79. The number of pyridine rings is 2. The van der Waals surface area contributed by atoms with Crippen LogP contribution >= 0.6 is 0 Å². The van der Waals surface area contributed by atoms with E-state index in [2.05, 4.69) is 31.8 Å². The van der Waals surface area contributed by atoms with Crippen molar-refractivity contribution in [1.82, 2.24) is 19.5 Å².